The van der Waals surface area contributed by atoms with Crippen molar-refractivity contribution in [2.75, 3.05) is 0 Å². The molecule has 0 bridgehead atoms. The third-order valence-electron chi connectivity index (χ3n) is 1.59. The SMILES string of the molecule is O=C(O)C(O)c1c(Br)ccc(Br)c1Br. The van der Waals surface area contributed by atoms with E-state index < -0.39 is 12.1 Å². The number of rotatable bonds is 2. The molecule has 0 heterocycles. The minimum Gasteiger partial charge on any atom is -0.479 e. The number of aliphatic hydroxyl groups is 1. The van der Waals surface area contributed by atoms with Gasteiger partial charge in [-0.05, 0) is 44.0 Å². The molecular formula is C8H5Br3O3. The molecular weight excluding hydrogens is 384 g/mol. The van der Waals surface area contributed by atoms with E-state index in [2.05, 4.69) is 47.8 Å². The average molecular weight is 389 g/mol. The Morgan fingerprint density at radius 1 is 1.21 bits per heavy atom. The van der Waals surface area contributed by atoms with Crippen LogP contribution in [0.5, 0.6) is 0 Å². The van der Waals surface area contributed by atoms with Crippen molar-refractivity contribution in [3.8, 4) is 0 Å². The first-order chi connectivity index (χ1) is 6.45. The maximum Gasteiger partial charge on any atom is 0.337 e. The zero-order valence-electron chi connectivity index (χ0n) is 6.67. The van der Waals surface area contributed by atoms with Crippen LogP contribution in [-0.4, -0.2) is 16.2 Å². The summed E-state index contributed by atoms with van der Waals surface area (Å²) in [5, 5.41) is 18.1. The molecule has 1 atom stereocenters. The molecule has 0 aliphatic rings. The van der Waals surface area contributed by atoms with E-state index in [1.807, 2.05) is 0 Å². The van der Waals surface area contributed by atoms with E-state index in [0.717, 1.165) is 0 Å². The Labute approximate surface area is 106 Å². The summed E-state index contributed by atoms with van der Waals surface area (Å²) in [6.45, 7) is 0. The third kappa shape index (κ3) is 2.36. The second-order valence-corrected chi connectivity index (χ2v) is 5.00. The lowest BCUT2D eigenvalue weighted by atomic mass is 10.1. The van der Waals surface area contributed by atoms with Crippen molar-refractivity contribution >= 4 is 53.8 Å². The third-order valence-corrected chi connectivity index (χ3v) is 4.33. The number of carboxylic acids is 1. The Balaban J connectivity index is 3.32. The van der Waals surface area contributed by atoms with Gasteiger partial charge >= 0.3 is 5.97 Å². The molecule has 14 heavy (non-hydrogen) atoms. The number of carboxylic acid groups (broad SMARTS) is 1. The van der Waals surface area contributed by atoms with E-state index in [9.17, 15) is 9.90 Å². The van der Waals surface area contributed by atoms with Crippen LogP contribution in [0.15, 0.2) is 25.6 Å². The van der Waals surface area contributed by atoms with Crippen LogP contribution in [0.4, 0.5) is 0 Å². The van der Waals surface area contributed by atoms with Crippen LogP contribution >= 0.6 is 47.8 Å². The molecule has 2 N–H and O–H groups in total. The summed E-state index contributed by atoms with van der Waals surface area (Å²) in [6.07, 6.45) is -1.55. The molecule has 0 aromatic heterocycles. The summed E-state index contributed by atoms with van der Waals surface area (Å²) in [6, 6.07) is 3.41. The fourth-order valence-corrected chi connectivity index (χ4v) is 2.64. The Hall–Kier alpha value is 0.0900. The molecule has 0 amide bonds. The van der Waals surface area contributed by atoms with Crippen LogP contribution in [0.25, 0.3) is 0 Å². The molecule has 1 rings (SSSR count). The normalized spacial score (nSPS) is 12.6. The van der Waals surface area contributed by atoms with Crippen LogP contribution in [0.1, 0.15) is 11.7 Å². The van der Waals surface area contributed by atoms with Crippen molar-refractivity contribution in [1.29, 1.82) is 0 Å². The smallest absolute Gasteiger partial charge is 0.337 e. The zero-order valence-corrected chi connectivity index (χ0v) is 11.4. The van der Waals surface area contributed by atoms with Gasteiger partial charge in [0.05, 0.1) is 0 Å². The predicted octanol–water partition coefficient (Wildman–Crippen LogP) is 3.09. The predicted molar refractivity (Wildman–Crippen MR) is 62.1 cm³/mol. The van der Waals surface area contributed by atoms with Crippen molar-refractivity contribution in [3.63, 3.8) is 0 Å². The lowest BCUT2D eigenvalue weighted by Gasteiger charge is -2.11. The minimum atomic E-state index is -1.55. The first-order valence-electron chi connectivity index (χ1n) is 3.49. The first kappa shape index (κ1) is 12.2. The average Bonchev–Trinajstić information content (AvgIpc) is 2.12. The van der Waals surface area contributed by atoms with Gasteiger partial charge in [-0.3, -0.25) is 0 Å². The largest absolute Gasteiger partial charge is 0.479 e. The highest BCUT2D eigenvalue weighted by Gasteiger charge is 2.22. The second kappa shape index (κ2) is 4.74. The summed E-state index contributed by atoms with van der Waals surface area (Å²) in [4.78, 5) is 10.6. The summed E-state index contributed by atoms with van der Waals surface area (Å²) in [5.74, 6) is -1.29. The van der Waals surface area contributed by atoms with E-state index in [0.29, 0.717) is 19.0 Å². The van der Waals surface area contributed by atoms with E-state index in [1.165, 1.54) is 0 Å². The van der Waals surface area contributed by atoms with E-state index in [-0.39, 0.29) is 0 Å². The quantitative estimate of drug-likeness (QED) is 0.765. The van der Waals surface area contributed by atoms with Gasteiger partial charge in [-0.2, -0.15) is 0 Å². The molecule has 0 saturated carbocycles. The molecule has 0 saturated heterocycles. The van der Waals surface area contributed by atoms with E-state index in [1.54, 1.807) is 12.1 Å². The Bertz CT molecular complexity index is 378. The lowest BCUT2D eigenvalue weighted by Crippen LogP contribution is -2.11. The highest BCUT2D eigenvalue weighted by Crippen LogP contribution is 2.36. The Morgan fingerprint density at radius 3 is 2.21 bits per heavy atom. The topological polar surface area (TPSA) is 57.5 Å². The second-order valence-electron chi connectivity index (χ2n) is 2.50. The fraction of sp³-hybridized carbons (Fsp3) is 0.125. The molecule has 0 aliphatic carbocycles. The molecule has 0 fully saturated rings. The molecule has 76 valence electrons. The maximum atomic E-state index is 10.6. The summed E-state index contributed by atoms with van der Waals surface area (Å²) >= 11 is 9.60. The molecule has 3 nitrogen and oxygen atoms in total. The Kier molecular flexibility index (Phi) is 4.12. The van der Waals surface area contributed by atoms with Crippen LogP contribution in [0.3, 0.4) is 0 Å². The van der Waals surface area contributed by atoms with Crippen LogP contribution < -0.4 is 0 Å². The number of hydrogen-bond donors (Lipinski definition) is 2. The summed E-state index contributed by atoms with van der Waals surface area (Å²) in [7, 11) is 0. The number of hydrogen-bond acceptors (Lipinski definition) is 2. The molecule has 0 radical (unpaired) electrons. The molecule has 0 spiro atoms. The highest BCUT2D eigenvalue weighted by molar-refractivity contribution is 9.13. The van der Waals surface area contributed by atoms with E-state index >= 15 is 0 Å². The van der Waals surface area contributed by atoms with Gasteiger partial charge < -0.3 is 10.2 Å². The summed E-state index contributed by atoms with van der Waals surface area (Å²) in [5.41, 5.74) is 0.298. The molecule has 0 aliphatic heterocycles. The number of aliphatic hydroxyl groups excluding tert-OH is 1. The first-order valence-corrected chi connectivity index (χ1v) is 5.87. The standard InChI is InChI=1S/C8H5Br3O3/c9-3-1-2-4(10)6(11)5(3)7(12)8(13)14/h1-2,7,12H,(H,13,14). The van der Waals surface area contributed by atoms with Gasteiger partial charge in [0.1, 0.15) is 0 Å². The van der Waals surface area contributed by atoms with Crippen LogP contribution in [-0.2, 0) is 4.79 Å². The van der Waals surface area contributed by atoms with Gasteiger partial charge in [-0.15, -0.1) is 0 Å². The van der Waals surface area contributed by atoms with Gasteiger partial charge in [-0.1, -0.05) is 15.9 Å². The molecule has 1 aromatic rings. The van der Waals surface area contributed by atoms with Crippen LogP contribution in [0.2, 0.25) is 0 Å². The lowest BCUT2D eigenvalue weighted by molar-refractivity contribution is -0.147. The van der Waals surface area contributed by atoms with Crippen molar-refractivity contribution in [1.82, 2.24) is 0 Å². The molecule has 6 heteroatoms. The molecule has 1 aromatic carbocycles. The van der Waals surface area contributed by atoms with Crippen molar-refractivity contribution in [2.45, 2.75) is 6.10 Å². The van der Waals surface area contributed by atoms with E-state index in [4.69, 9.17) is 5.11 Å². The highest BCUT2D eigenvalue weighted by atomic mass is 79.9. The van der Waals surface area contributed by atoms with Gasteiger partial charge in [-0.25, -0.2) is 4.79 Å². The van der Waals surface area contributed by atoms with Crippen LogP contribution in [0, 0.1) is 0 Å². The fourth-order valence-electron chi connectivity index (χ4n) is 0.917. The summed E-state index contributed by atoms with van der Waals surface area (Å²) < 4.78 is 1.76. The number of aliphatic carboxylic acids is 1. The van der Waals surface area contributed by atoms with Crippen molar-refractivity contribution < 1.29 is 15.0 Å². The minimum absolute atomic E-state index is 0.298. The Morgan fingerprint density at radius 2 is 1.71 bits per heavy atom. The van der Waals surface area contributed by atoms with Crippen molar-refractivity contribution in [2.24, 2.45) is 0 Å². The zero-order chi connectivity index (χ0) is 10.9. The number of halogens is 3. The van der Waals surface area contributed by atoms with Crippen molar-refractivity contribution in [3.05, 3.63) is 31.1 Å². The van der Waals surface area contributed by atoms with Gasteiger partial charge in [0.2, 0.25) is 0 Å². The maximum absolute atomic E-state index is 10.6. The molecule has 1 unspecified atom stereocenters. The number of benzene rings is 1. The monoisotopic (exact) mass is 386 g/mol. The number of carbonyl (C=O) groups is 1. The van der Waals surface area contributed by atoms with Gasteiger partial charge in [0.15, 0.2) is 6.10 Å². The van der Waals surface area contributed by atoms with Gasteiger partial charge in [0, 0.05) is 19.0 Å². The van der Waals surface area contributed by atoms with Gasteiger partial charge in [0.25, 0.3) is 0 Å².